The van der Waals surface area contributed by atoms with Crippen LogP contribution in [-0.4, -0.2) is 31.1 Å². The standard InChI is InChI=1S/C11H15N7O2/c1-2-3-6-4-7(18-17-6)9(19)20-5-8-14-10(12)16-11(13)15-8/h4H,2-3,5H2,1H3,(H,17,18)(H4,12,13,14,15,16). The molecule has 0 aliphatic rings. The van der Waals surface area contributed by atoms with Crippen molar-refractivity contribution in [2.24, 2.45) is 0 Å². The van der Waals surface area contributed by atoms with E-state index < -0.39 is 5.97 Å². The predicted molar refractivity (Wildman–Crippen MR) is 70.4 cm³/mol. The molecule has 0 aromatic carbocycles. The first-order valence-electron chi connectivity index (χ1n) is 6.05. The zero-order chi connectivity index (χ0) is 14.5. The van der Waals surface area contributed by atoms with E-state index in [1.54, 1.807) is 6.07 Å². The van der Waals surface area contributed by atoms with Crippen molar-refractivity contribution >= 4 is 17.9 Å². The molecule has 0 atom stereocenters. The molecule has 0 spiro atoms. The van der Waals surface area contributed by atoms with Crippen molar-refractivity contribution in [2.45, 2.75) is 26.4 Å². The van der Waals surface area contributed by atoms with Crippen LogP contribution < -0.4 is 11.5 Å². The van der Waals surface area contributed by atoms with E-state index in [1.807, 2.05) is 6.92 Å². The van der Waals surface area contributed by atoms with Crippen LogP contribution in [0.1, 0.15) is 35.4 Å². The highest BCUT2D eigenvalue weighted by molar-refractivity contribution is 5.87. The number of ether oxygens (including phenoxy) is 1. The summed E-state index contributed by atoms with van der Waals surface area (Å²) in [5.74, 6) is -0.420. The monoisotopic (exact) mass is 277 g/mol. The van der Waals surface area contributed by atoms with Gasteiger partial charge in [0.15, 0.2) is 18.1 Å². The lowest BCUT2D eigenvalue weighted by Gasteiger charge is -2.02. The third-order valence-corrected chi connectivity index (χ3v) is 2.41. The van der Waals surface area contributed by atoms with Crippen LogP contribution in [0.15, 0.2) is 6.07 Å². The number of nitrogens with two attached hydrogens (primary N) is 2. The van der Waals surface area contributed by atoms with E-state index in [9.17, 15) is 4.79 Å². The number of nitrogens with one attached hydrogen (secondary N) is 1. The van der Waals surface area contributed by atoms with Crippen LogP contribution in [0.5, 0.6) is 0 Å². The van der Waals surface area contributed by atoms with Gasteiger partial charge in [0.25, 0.3) is 0 Å². The van der Waals surface area contributed by atoms with Gasteiger partial charge in [0, 0.05) is 5.69 Å². The minimum Gasteiger partial charge on any atom is -0.453 e. The zero-order valence-corrected chi connectivity index (χ0v) is 11.0. The fourth-order valence-electron chi connectivity index (χ4n) is 1.59. The largest absolute Gasteiger partial charge is 0.453 e. The number of H-pyrrole nitrogens is 1. The number of aryl methyl sites for hydroxylation is 1. The molecule has 9 nitrogen and oxygen atoms in total. The minimum atomic E-state index is -0.568. The van der Waals surface area contributed by atoms with Gasteiger partial charge in [0.2, 0.25) is 11.9 Å². The average Bonchev–Trinajstić information content (AvgIpc) is 2.84. The number of anilines is 2. The third-order valence-electron chi connectivity index (χ3n) is 2.41. The van der Waals surface area contributed by atoms with Gasteiger partial charge in [-0.3, -0.25) is 5.10 Å². The normalized spacial score (nSPS) is 10.4. The molecule has 2 aromatic heterocycles. The second-order valence-electron chi connectivity index (χ2n) is 4.07. The summed E-state index contributed by atoms with van der Waals surface area (Å²) >= 11 is 0. The Labute approximate surface area is 114 Å². The third kappa shape index (κ3) is 3.40. The molecule has 0 fully saturated rings. The summed E-state index contributed by atoms with van der Waals surface area (Å²) in [4.78, 5) is 23.0. The second-order valence-corrected chi connectivity index (χ2v) is 4.07. The number of nitrogens with zero attached hydrogens (tertiary/aromatic N) is 4. The number of esters is 1. The Kier molecular flexibility index (Phi) is 4.08. The van der Waals surface area contributed by atoms with Crippen molar-refractivity contribution in [3.8, 4) is 0 Å². The van der Waals surface area contributed by atoms with E-state index in [1.165, 1.54) is 0 Å². The average molecular weight is 277 g/mol. The number of carbonyl (C=O) groups excluding carboxylic acids is 1. The lowest BCUT2D eigenvalue weighted by molar-refractivity contribution is 0.0455. The maximum absolute atomic E-state index is 11.8. The van der Waals surface area contributed by atoms with Gasteiger partial charge in [0.1, 0.15) is 0 Å². The van der Waals surface area contributed by atoms with E-state index in [2.05, 4.69) is 25.1 Å². The van der Waals surface area contributed by atoms with Gasteiger partial charge < -0.3 is 16.2 Å². The summed E-state index contributed by atoms with van der Waals surface area (Å²) in [6.45, 7) is 1.89. The Balaban J connectivity index is 1.97. The van der Waals surface area contributed by atoms with Gasteiger partial charge in [-0.05, 0) is 12.5 Å². The molecule has 0 unspecified atom stereocenters. The molecule has 0 bridgehead atoms. The number of nitrogen functional groups attached to an aromatic ring is 2. The molecule has 0 saturated carbocycles. The first-order valence-corrected chi connectivity index (χ1v) is 6.05. The molecule has 2 heterocycles. The fourth-order valence-corrected chi connectivity index (χ4v) is 1.59. The molecule has 2 rings (SSSR count). The summed E-state index contributed by atoms with van der Waals surface area (Å²) in [7, 11) is 0. The highest BCUT2D eigenvalue weighted by Gasteiger charge is 2.13. The maximum atomic E-state index is 11.8. The lowest BCUT2D eigenvalue weighted by atomic mass is 10.2. The quantitative estimate of drug-likeness (QED) is 0.650. The van der Waals surface area contributed by atoms with E-state index in [4.69, 9.17) is 16.2 Å². The van der Waals surface area contributed by atoms with Crippen LogP contribution in [0.2, 0.25) is 0 Å². The smallest absolute Gasteiger partial charge is 0.359 e. The Bertz CT molecular complexity index is 590. The van der Waals surface area contributed by atoms with E-state index in [0.29, 0.717) is 0 Å². The molecule has 0 aliphatic heterocycles. The Morgan fingerprint density at radius 1 is 1.30 bits per heavy atom. The molecule has 0 aliphatic carbocycles. The van der Waals surface area contributed by atoms with Crippen LogP contribution in [0.25, 0.3) is 0 Å². The number of aromatic nitrogens is 5. The molecule has 106 valence electrons. The number of carbonyl (C=O) groups is 1. The molecule has 0 amide bonds. The van der Waals surface area contributed by atoms with Gasteiger partial charge in [-0.15, -0.1) is 0 Å². The molecular formula is C11H15N7O2. The molecule has 20 heavy (non-hydrogen) atoms. The molecule has 9 heteroatoms. The SMILES string of the molecule is CCCc1cc(C(=O)OCc2nc(N)nc(N)n2)n[nH]1. The van der Waals surface area contributed by atoms with E-state index >= 15 is 0 Å². The number of aromatic amines is 1. The Hall–Kier alpha value is -2.71. The topological polar surface area (TPSA) is 146 Å². The van der Waals surface area contributed by atoms with Crippen molar-refractivity contribution in [2.75, 3.05) is 11.5 Å². The van der Waals surface area contributed by atoms with Crippen LogP contribution in [0.3, 0.4) is 0 Å². The molecule has 0 radical (unpaired) electrons. The summed E-state index contributed by atoms with van der Waals surface area (Å²) in [5.41, 5.74) is 11.9. The molecule has 5 N–H and O–H groups in total. The summed E-state index contributed by atoms with van der Waals surface area (Å²) in [5, 5.41) is 6.65. The van der Waals surface area contributed by atoms with Gasteiger partial charge in [-0.2, -0.15) is 20.1 Å². The summed E-state index contributed by atoms with van der Waals surface area (Å²) in [6.07, 6.45) is 1.78. The zero-order valence-electron chi connectivity index (χ0n) is 11.0. The van der Waals surface area contributed by atoms with Gasteiger partial charge in [-0.25, -0.2) is 4.79 Å². The number of rotatable bonds is 5. The maximum Gasteiger partial charge on any atom is 0.359 e. The highest BCUT2D eigenvalue weighted by atomic mass is 16.5. The van der Waals surface area contributed by atoms with Crippen molar-refractivity contribution in [1.82, 2.24) is 25.1 Å². The lowest BCUT2D eigenvalue weighted by Crippen LogP contribution is -2.11. The van der Waals surface area contributed by atoms with E-state index in [-0.39, 0.29) is 30.0 Å². The summed E-state index contributed by atoms with van der Waals surface area (Å²) < 4.78 is 5.03. The van der Waals surface area contributed by atoms with Gasteiger partial charge >= 0.3 is 5.97 Å². The van der Waals surface area contributed by atoms with Gasteiger partial charge in [0.05, 0.1) is 0 Å². The van der Waals surface area contributed by atoms with E-state index in [0.717, 1.165) is 18.5 Å². The van der Waals surface area contributed by atoms with Crippen molar-refractivity contribution in [3.63, 3.8) is 0 Å². The Morgan fingerprint density at radius 3 is 2.65 bits per heavy atom. The molecular weight excluding hydrogens is 262 g/mol. The van der Waals surface area contributed by atoms with Crippen molar-refractivity contribution in [1.29, 1.82) is 0 Å². The number of hydrogen-bond donors (Lipinski definition) is 3. The number of hydrogen-bond acceptors (Lipinski definition) is 8. The molecule has 2 aromatic rings. The van der Waals surface area contributed by atoms with Crippen LogP contribution >= 0.6 is 0 Å². The molecule has 0 saturated heterocycles. The fraction of sp³-hybridized carbons (Fsp3) is 0.364. The predicted octanol–water partition coefficient (Wildman–Crippen LogP) is 0.0686. The highest BCUT2D eigenvalue weighted by Crippen LogP contribution is 2.06. The van der Waals surface area contributed by atoms with Gasteiger partial charge in [-0.1, -0.05) is 13.3 Å². The summed E-state index contributed by atoms with van der Waals surface area (Å²) in [6, 6.07) is 1.65. The first kappa shape index (κ1) is 13.7. The Morgan fingerprint density at radius 2 is 2.00 bits per heavy atom. The first-order chi connectivity index (χ1) is 9.58. The second kappa shape index (κ2) is 5.95. The minimum absolute atomic E-state index is 0.0199. The van der Waals surface area contributed by atoms with Crippen molar-refractivity contribution < 1.29 is 9.53 Å². The van der Waals surface area contributed by atoms with Crippen LogP contribution in [0.4, 0.5) is 11.9 Å². The van der Waals surface area contributed by atoms with Crippen LogP contribution in [-0.2, 0) is 17.8 Å². The van der Waals surface area contributed by atoms with Crippen molar-refractivity contribution in [3.05, 3.63) is 23.3 Å². The van der Waals surface area contributed by atoms with Crippen LogP contribution in [0, 0.1) is 0 Å².